The Morgan fingerprint density at radius 3 is 2.66 bits per heavy atom. The first-order valence-corrected chi connectivity index (χ1v) is 9.29. The molecule has 0 bridgehead atoms. The average molecular weight is 395 g/mol. The molecule has 4 rings (SSSR count). The van der Waals surface area contributed by atoms with E-state index in [0.29, 0.717) is 54.3 Å². The van der Waals surface area contributed by atoms with Gasteiger partial charge in [-0.05, 0) is 37.1 Å². The molecule has 3 heterocycles. The number of hydrogen-bond acceptors (Lipinski definition) is 7. The Morgan fingerprint density at radius 2 is 2.00 bits per heavy atom. The number of amides is 1. The Hall–Kier alpha value is -3.62. The first-order chi connectivity index (χ1) is 14.0. The van der Waals surface area contributed by atoms with Gasteiger partial charge >= 0.3 is 0 Å². The van der Waals surface area contributed by atoms with Gasteiger partial charge in [-0.3, -0.25) is 14.6 Å². The zero-order chi connectivity index (χ0) is 20.5. The largest absolute Gasteiger partial charge is 0.507 e. The van der Waals surface area contributed by atoms with Crippen LogP contribution in [0.25, 0.3) is 22.3 Å². The summed E-state index contributed by atoms with van der Waals surface area (Å²) in [5.41, 5.74) is 6.38. The number of benzene rings is 1. The number of rotatable bonds is 4. The topological polar surface area (TPSA) is 134 Å². The number of phenolic OH excluding ortho intramolecular Hbond substituents is 1. The average Bonchev–Trinajstić information content (AvgIpc) is 2.73. The number of fused-ring (bicyclic) bond motifs is 1. The molecule has 9 heteroatoms. The van der Waals surface area contributed by atoms with Crippen molar-refractivity contribution in [3.05, 3.63) is 40.7 Å². The molecule has 29 heavy (non-hydrogen) atoms. The highest BCUT2D eigenvalue weighted by atomic mass is 16.5. The van der Waals surface area contributed by atoms with Crippen molar-refractivity contribution in [2.45, 2.75) is 12.8 Å². The second-order valence-electron chi connectivity index (χ2n) is 7.00. The van der Waals surface area contributed by atoms with Gasteiger partial charge in [-0.1, -0.05) is 0 Å². The quantitative estimate of drug-likeness (QED) is 0.608. The molecule has 9 nitrogen and oxygen atoms in total. The standard InChI is InChI=1S/C20H21N5O4/c1-29-12-2-3-13(16(26)10-12)15-5-4-14-18(22-15)23-20(24-19(14)28)25-8-6-11(7-9-25)17(21)27/h2-5,10-11,26H,6-9H2,1H3,(H2,21,27)(H,22,23,24,28). The third-order valence-electron chi connectivity index (χ3n) is 5.23. The predicted molar refractivity (Wildman–Crippen MR) is 108 cm³/mol. The second-order valence-corrected chi connectivity index (χ2v) is 7.00. The molecular weight excluding hydrogens is 374 g/mol. The minimum atomic E-state index is -0.296. The van der Waals surface area contributed by atoms with E-state index in [0.717, 1.165) is 0 Å². The molecule has 1 saturated heterocycles. The van der Waals surface area contributed by atoms with E-state index >= 15 is 0 Å². The van der Waals surface area contributed by atoms with Crippen LogP contribution < -0.4 is 20.9 Å². The van der Waals surface area contributed by atoms with Crippen LogP contribution in [0, 0.1) is 5.92 Å². The molecule has 4 N–H and O–H groups in total. The van der Waals surface area contributed by atoms with Crippen molar-refractivity contribution in [2.75, 3.05) is 25.1 Å². The van der Waals surface area contributed by atoms with Crippen LogP contribution in [0.4, 0.5) is 5.95 Å². The Balaban J connectivity index is 1.70. The number of piperidine rings is 1. The number of carbonyl (C=O) groups is 1. The van der Waals surface area contributed by atoms with Gasteiger partial charge < -0.3 is 20.5 Å². The van der Waals surface area contributed by atoms with E-state index in [1.807, 2.05) is 4.90 Å². The number of aromatic amines is 1. The molecule has 3 aromatic rings. The molecule has 0 spiro atoms. The second kappa shape index (κ2) is 7.42. The third-order valence-corrected chi connectivity index (χ3v) is 5.23. The summed E-state index contributed by atoms with van der Waals surface area (Å²) in [5, 5.41) is 10.6. The molecule has 2 aromatic heterocycles. The van der Waals surface area contributed by atoms with Crippen LogP contribution in [0.1, 0.15) is 12.8 Å². The number of anilines is 1. The van der Waals surface area contributed by atoms with E-state index in [1.54, 1.807) is 24.3 Å². The van der Waals surface area contributed by atoms with E-state index in [4.69, 9.17) is 10.5 Å². The molecule has 1 aliphatic rings. The summed E-state index contributed by atoms with van der Waals surface area (Å²) in [7, 11) is 1.52. The highest BCUT2D eigenvalue weighted by Gasteiger charge is 2.24. The van der Waals surface area contributed by atoms with E-state index in [1.165, 1.54) is 13.2 Å². The summed E-state index contributed by atoms with van der Waals surface area (Å²) in [6.07, 6.45) is 1.23. The number of nitrogens with zero attached hydrogens (tertiary/aromatic N) is 3. The fourth-order valence-electron chi connectivity index (χ4n) is 3.54. The van der Waals surface area contributed by atoms with Crippen LogP contribution in [0.2, 0.25) is 0 Å². The molecule has 0 aliphatic carbocycles. The molecule has 1 aliphatic heterocycles. The molecular formula is C20H21N5O4. The fraction of sp³-hybridized carbons (Fsp3) is 0.300. The summed E-state index contributed by atoms with van der Waals surface area (Å²) in [5.74, 6) is 0.517. The molecule has 0 radical (unpaired) electrons. The van der Waals surface area contributed by atoms with Gasteiger partial charge in [-0.2, -0.15) is 4.98 Å². The van der Waals surface area contributed by atoms with Gasteiger partial charge in [0.2, 0.25) is 11.9 Å². The highest BCUT2D eigenvalue weighted by Crippen LogP contribution is 2.32. The Kier molecular flexibility index (Phi) is 4.79. The number of nitrogens with one attached hydrogen (secondary N) is 1. The molecule has 0 atom stereocenters. The van der Waals surface area contributed by atoms with Gasteiger partial charge in [0.1, 0.15) is 11.5 Å². The zero-order valence-electron chi connectivity index (χ0n) is 15.9. The van der Waals surface area contributed by atoms with Gasteiger partial charge in [0.25, 0.3) is 5.56 Å². The number of H-pyrrole nitrogens is 1. The first-order valence-electron chi connectivity index (χ1n) is 9.29. The van der Waals surface area contributed by atoms with Crippen LogP contribution >= 0.6 is 0 Å². The lowest BCUT2D eigenvalue weighted by atomic mass is 9.96. The summed E-state index contributed by atoms with van der Waals surface area (Å²) >= 11 is 0. The number of methoxy groups -OCH3 is 1. The minimum Gasteiger partial charge on any atom is -0.507 e. The van der Waals surface area contributed by atoms with E-state index in [2.05, 4.69) is 15.0 Å². The normalized spacial score (nSPS) is 14.9. The summed E-state index contributed by atoms with van der Waals surface area (Å²) in [4.78, 5) is 37.6. The van der Waals surface area contributed by atoms with Crippen molar-refractivity contribution < 1.29 is 14.6 Å². The van der Waals surface area contributed by atoms with Crippen molar-refractivity contribution in [2.24, 2.45) is 11.7 Å². The van der Waals surface area contributed by atoms with Crippen LogP contribution in [0.5, 0.6) is 11.5 Å². The Morgan fingerprint density at radius 1 is 1.24 bits per heavy atom. The lowest BCUT2D eigenvalue weighted by molar-refractivity contribution is -0.122. The first kappa shape index (κ1) is 18.7. The van der Waals surface area contributed by atoms with E-state index < -0.39 is 0 Å². The number of hydrogen-bond donors (Lipinski definition) is 3. The van der Waals surface area contributed by atoms with Crippen molar-refractivity contribution in [3.63, 3.8) is 0 Å². The van der Waals surface area contributed by atoms with Crippen molar-refractivity contribution in [3.8, 4) is 22.8 Å². The van der Waals surface area contributed by atoms with Crippen LogP contribution in [0.15, 0.2) is 35.1 Å². The predicted octanol–water partition coefficient (Wildman–Crippen LogP) is 1.40. The lowest BCUT2D eigenvalue weighted by Crippen LogP contribution is -2.40. The Bertz CT molecular complexity index is 1140. The summed E-state index contributed by atoms with van der Waals surface area (Å²) in [6, 6.07) is 8.22. The van der Waals surface area contributed by atoms with Crippen molar-refractivity contribution in [1.82, 2.24) is 15.0 Å². The monoisotopic (exact) mass is 395 g/mol. The highest BCUT2D eigenvalue weighted by molar-refractivity contribution is 5.80. The number of carbonyl (C=O) groups excluding carboxylic acids is 1. The SMILES string of the molecule is COc1ccc(-c2ccc3c(=O)[nH]c(N4CCC(C(N)=O)CC4)nc3n2)c(O)c1. The maximum atomic E-state index is 12.5. The third kappa shape index (κ3) is 3.58. The lowest BCUT2D eigenvalue weighted by Gasteiger charge is -2.30. The number of pyridine rings is 1. The summed E-state index contributed by atoms with van der Waals surface area (Å²) < 4.78 is 5.10. The van der Waals surface area contributed by atoms with E-state index in [9.17, 15) is 14.7 Å². The number of phenols is 1. The van der Waals surface area contributed by atoms with Crippen molar-refractivity contribution in [1.29, 1.82) is 0 Å². The Labute approximate surface area is 166 Å². The van der Waals surface area contributed by atoms with Gasteiger partial charge in [-0.25, -0.2) is 4.98 Å². The molecule has 1 amide bonds. The smallest absolute Gasteiger partial charge is 0.261 e. The molecule has 0 saturated carbocycles. The summed E-state index contributed by atoms with van der Waals surface area (Å²) in [6.45, 7) is 1.14. The minimum absolute atomic E-state index is 0.0230. The maximum absolute atomic E-state index is 12.5. The number of aromatic nitrogens is 3. The van der Waals surface area contributed by atoms with Gasteiger partial charge in [0, 0.05) is 30.6 Å². The molecule has 1 aromatic carbocycles. The van der Waals surface area contributed by atoms with Crippen LogP contribution in [-0.2, 0) is 4.79 Å². The van der Waals surface area contributed by atoms with Gasteiger partial charge in [0.05, 0.1) is 18.2 Å². The molecule has 0 unspecified atom stereocenters. The molecule has 1 fully saturated rings. The maximum Gasteiger partial charge on any atom is 0.261 e. The van der Waals surface area contributed by atoms with Crippen LogP contribution in [-0.4, -0.2) is 46.2 Å². The van der Waals surface area contributed by atoms with E-state index in [-0.39, 0.29) is 28.8 Å². The zero-order valence-corrected chi connectivity index (χ0v) is 15.9. The van der Waals surface area contributed by atoms with Gasteiger partial charge in [-0.15, -0.1) is 0 Å². The number of aromatic hydroxyl groups is 1. The van der Waals surface area contributed by atoms with Crippen molar-refractivity contribution >= 4 is 22.9 Å². The number of ether oxygens (including phenoxy) is 1. The van der Waals surface area contributed by atoms with Crippen LogP contribution in [0.3, 0.4) is 0 Å². The fourth-order valence-corrected chi connectivity index (χ4v) is 3.54. The number of primary amides is 1. The number of nitrogens with two attached hydrogens (primary N) is 1. The molecule has 150 valence electrons. The van der Waals surface area contributed by atoms with Gasteiger partial charge in [0.15, 0.2) is 5.65 Å².